The second-order valence-electron chi connectivity index (χ2n) is 9.74. The van der Waals surface area contributed by atoms with Gasteiger partial charge in [-0.2, -0.15) is 0 Å². The first-order valence-corrected chi connectivity index (χ1v) is 14.0. The number of imidazole rings is 1. The second-order valence-corrected chi connectivity index (χ2v) is 9.74. The van der Waals surface area contributed by atoms with E-state index in [4.69, 9.17) is 9.47 Å². The van der Waals surface area contributed by atoms with E-state index in [0.29, 0.717) is 24.8 Å². The molecule has 0 fully saturated rings. The Bertz CT molecular complexity index is 1290. The van der Waals surface area contributed by atoms with Crippen LogP contribution in [0.5, 0.6) is 11.5 Å². The van der Waals surface area contributed by atoms with Crippen LogP contribution in [0, 0.1) is 5.92 Å². The molecule has 0 bridgehead atoms. The van der Waals surface area contributed by atoms with Crippen molar-refractivity contribution < 1.29 is 14.3 Å². The van der Waals surface area contributed by atoms with Gasteiger partial charge in [-0.1, -0.05) is 75.6 Å². The quantitative estimate of drug-likeness (QED) is 0.162. The van der Waals surface area contributed by atoms with E-state index in [1.807, 2.05) is 71.3 Å². The van der Waals surface area contributed by atoms with Crippen LogP contribution in [0.2, 0.25) is 0 Å². The average Bonchev–Trinajstić information content (AvgIpc) is 3.48. The summed E-state index contributed by atoms with van der Waals surface area (Å²) in [6.45, 7) is 6.46. The van der Waals surface area contributed by atoms with Crippen LogP contribution in [0.3, 0.4) is 0 Å². The minimum absolute atomic E-state index is 0.144. The molecule has 1 N–H and O–H groups in total. The molecule has 6 nitrogen and oxygen atoms in total. The molecule has 0 radical (unpaired) electrons. The summed E-state index contributed by atoms with van der Waals surface area (Å²) in [7, 11) is 0. The SMILES string of the molecule is CCCC[C@H](CC)COCCCNC(=O)c1cncn1-c1cccc(-c2ccc(Oc3ccccc3)cc2)c1. The zero-order valence-corrected chi connectivity index (χ0v) is 23.0. The molecule has 4 rings (SSSR count). The number of carbonyl (C=O) groups is 1. The van der Waals surface area contributed by atoms with Gasteiger partial charge < -0.3 is 14.8 Å². The van der Waals surface area contributed by atoms with Crippen LogP contribution in [0.15, 0.2) is 91.4 Å². The van der Waals surface area contributed by atoms with Crippen LogP contribution in [-0.4, -0.2) is 35.2 Å². The molecule has 39 heavy (non-hydrogen) atoms. The van der Waals surface area contributed by atoms with E-state index >= 15 is 0 Å². The summed E-state index contributed by atoms with van der Waals surface area (Å²) < 4.78 is 13.6. The first-order chi connectivity index (χ1) is 19.2. The van der Waals surface area contributed by atoms with E-state index < -0.39 is 0 Å². The maximum Gasteiger partial charge on any atom is 0.269 e. The number of hydrogen-bond acceptors (Lipinski definition) is 4. The van der Waals surface area contributed by atoms with Crippen molar-refractivity contribution >= 4 is 5.91 Å². The lowest BCUT2D eigenvalue weighted by Gasteiger charge is -2.14. The summed E-state index contributed by atoms with van der Waals surface area (Å²) in [5, 5.41) is 3.01. The van der Waals surface area contributed by atoms with E-state index in [-0.39, 0.29) is 5.91 Å². The van der Waals surface area contributed by atoms with E-state index in [2.05, 4.69) is 36.3 Å². The van der Waals surface area contributed by atoms with E-state index in [1.165, 1.54) is 19.3 Å². The number of aromatic nitrogens is 2. The Hall–Kier alpha value is -3.90. The standard InChI is InChI=1S/C33H39N3O3/c1-3-5-11-26(4-2)24-38-21-10-20-35-33(37)32-23-34-25-36(32)29-13-9-12-28(22-29)27-16-18-31(19-17-27)39-30-14-7-6-8-15-30/h6-9,12-19,22-23,25-26H,3-5,10-11,20-21,24H2,1-2H3,(H,35,37)/t26-/m0/s1. The van der Waals surface area contributed by atoms with E-state index in [0.717, 1.165) is 47.8 Å². The number of amides is 1. The zero-order chi connectivity index (χ0) is 27.3. The van der Waals surface area contributed by atoms with Crippen molar-refractivity contribution in [1.82, 2.24) is 14.9 Å². The summed E-state index contributed by atoms with van der Waals surface area (Å²) in [5.74, 6) is 2.07. The summed E-state index contributed by atoms with van der Waals surface area (Å²) in [5.41, 5.74) is 3.48. The first-order valence-electron chi connectivity index (χ1n) is 14.0. The molecule has 0 saturated heterocycles. The van der Waals surface area contributed by atoms with Crippen LogP contribution in [0.1, 0.15) is 56.4 Å². The highest BCUT2D eigenvalue weighted by Crippen LogP contribution is 2.27. The largest absolute Gasteiger partial charge is 0.457 e. The van der Waals surface area contributed by atoms with Gasteiger partial charge in [0.2, 0.25) is 0 Å². The van der Waals surface area contributed by atoms with Crippen molar-refractivity contribution in [3.63, 3.8) is 0 Å². The third-order valence-corrected chi connectivity index (χ3v) is 6.81. The minimum atomic E-state index is -0.144. The van der Waals surface area contributed by atoms with Crippen molar-refractivity contribution in [3.05, 3.63) is 97.1 Å². The molecule has 0 spiro atoms. The van der Waals surface area contributed by atoms with Crippen molar-refractivity contribution in [2.24, 2.45) is 5.92 Å². The molecular formula is C33H39N3O3. The highest BCUT2D eigenvalue weighted by molar-refractivity contribution is 5.93. The molecule has 0 unspecified atom stereocenters. The number of rotatable bonds is 15. The molecule has 1 amide bonds. The van der Waals surface area contributed by atoms with Crippen molar-refractivity contribution in [2.75, 3.05) is 19.8 Å². The molecular weight excluding hydrogens is 486 g/mol. The summed E-state index contributed by atoms with van der Waals surface area (Å²) >= 11 is 0. The van der Waals surface area contributed by atoms with Gasteiger partial charge in [-0.05, 0) is 66.3 Å². The fourth-order valence-electron chi connectivity index (χ4n) is 4.46. The Morgan fingerprint density at radius 2 is 1.72 bits per heavy atom. The first kappa shape index (κ1) is 28.1. The number of benzene rings is 3. The van der Waals surface area contributed by atoms with Crippen molar-refractivity contribution in [2.45, 2.75) is 46.0 Å². The number of para-hydroxylation sites is 1. The Labute approximate surface area is 232 Å². The van der Waals surface area contributed by atoms with Crippen LogP contribution in [-0.2, 0) is 4.74 Å². The third-order valence-electron chi connectivity index (χ3n) is 6.81. The highest BCUT2D eigenvalue weighted by Gasteiger charge is 2.13. The topological polar surface area (TPSA) is 65.4 Å². The molecule has 6 heteroatoms. The van der Waals surface area contributed by atoms with Gasteiger partial charge in [0.05, 0.1) is 12.5 Å². The predicted octanol–water partition coefficient (Wildman–Crippen LogP) is 7.68. The second kappa shape index (κ2) is 14.9. The molecule has 204 valence electrons. The molecule has 3 aromatic carbocycles. The highest BCUT2D eigenvalue weighted by atomic mass is 16.5. The number of nitrogens with zero attached hydrogens (tertiary/aromatic N) is 2. The van der Waals surface area contributed by atoms with Crippen LogP contribution < -0.4 is 10.1 Å². The van der Waals surface area contributed by atoms with Crippen LogP contribution >= 0.6 is 0 Å². The lowest BCUT2D eigenvalue weighted by atomic mass is 10.0. The van der Waals surface area contributed by atoms with Gasteiger partial charge in [0.15, 0.2) is 0 Å². The summed E-state index contributed by atoms with van der Waals surface area (Å²) in [4.78, 5) is 17.2. The third kappa shape index (κ3) is 8.29. The van der Waals surface area contributed by atoms with E-state index in [9.17, 15) is 4.79 Å². The Morgan fingerprint density at radius 1 is 0.923 bits per heavy atom. The van der Waals surface area contributed by atoms with Gasteiger partial charge >= 0.3 is 0 Å². The molecule has 0 aliphatic rings. The summed E-state index contributed by atoms with van der Waals surface area (Å²) in [6.07, 6.45) is 8.91. The monoisotopic (exact) mass is 525 g/mol. The van der Waals surface area contributed by atoms with Gasteiger partial charge in [-0.3, -0.25) is 9.36 Å². The smallest absolute Gasteiger partial charge is 0.269 e. The van der Waals surface area contributed by atoms with Gasteiger partial charge in [0, 0.05) is 25.4 Å². The van der Waals surface area contributed by atoms with Gasteiger partial charge in [-0.15, -0.1) is 0 Å². The molecule has 1 atom stereocenters. The number of ether oxygens (including phenoxy) is 2. The maximum absolute atomic E-state index is 12.9. The number of carbonyl (C=O) groups excluding carboxylic acids is 1. The van der Waals surface area contributed by atoms with Crippen molar-refractivity contribution in [1.29, 1.82) is 0 Å². The zero-order valence-electron chi connectivity index (χ0n) is 23.0. The normalized spacial score (nSPS) is 11.7. The molecule has 1 aromatic heterocycles. The molecule has 0 aliphatic heterocycles. The number of hydrogen-bond donors (Lipinski definition) is 1. The molecule has 0 saturated carbocycles. The Morgan fingerprint density at radius 3 is 2.49 bits per heavy atom. The number of nitrogens with one attached hydrogen (secondary N) is 1. The van der Waals surface area contributed by atoms with Gasteiger partial charge in [0.25, 0.3) is 5.91 Å². The fourth-order valence-corrected chi connectivity index (χ4v) is 4.46. The molecule has 0 aliphatic carbocycles. The van der Waals surface area contributed by atoms with Crippen LogP contribution in [0.4, 0.5) is 0 Å². The Balaban J connectivity index is 1.31. The van der Waals surface area contributed by atoms with Gasteiger partial charge in [0.1, 0.15) is 17.2 Å². The predicted molar refractivity (Wildman–Crippen MR) is 157 cm³/mol. The average molecular weight is 526 g/mol. The Kier molecular flexibility index (Phi) is 10.7. The number of unbranched alkanes of at least 4 members (excludes halogenated alkanes) is 1. The summed E-state index contributed by atoms with van der Waals surface area (Å²) in [6, 6.07) is 25.8. The van der Waals surface area contributed by atoms with Gasteiger partial charge in [-0.25, -0.2) is 4.98 Å². The maximum atomic E-state index is 12.9. The van der Waals surface area contributed by atoms with E-state index in [1.54, 1.807) is 12.5 Å². The van der Waals surface area contributed by atoms with Crippen LogP contribution in [0.25, 0.3) is 16.8 Å². The lowest BCUT2D eigenvalue weighted by molar-refractivity contribution is 0.0872. The van der Waals surface area contributed by atoms with Crippen molar-refractivity contribution in [3.8, 4) is 28.3 Å². The molecule has 4 aromatic rings. The minimum Gasteiger partial charge on any atom is -0.457 e. The lowest BCUT2D eigenvalue weighted by Crippen LogP contribution is -2.27. The molecule has 1 heterocycles. The fraction of sp³-hybridized carbons (Fsp3) is 0.333.